The van der Waals surface area contributed by atoms with E-state index in [9.17, 15) is 17.6 Å². The van der Waals surface area contributed by atoms with Crippen LogP contribution in [0.25, 0.3) is 0 Å². The molecule has 0 bridgehead atoms. The van der Waals surface area contributed by atoms with E-state index < -0.39 is 21.7 Å². The Kier molecular flexibility index (Phi) is 2.31. The number of amides is 1. The van der Waals surface area contributed by atoms with Gasteiger partial charge < -0.3 is 0 Å². The lowest BCUT2D eigenvalue weighted by Gasteiger charge is -2.18. The molecule has 15 heavy (non-hydrogen) atoms. The van der Waals surface area contributed by atoms with E-state index >= 15 is 0 Å². The van der Waals surface area contributed by atoms with Gasteiger partial charge in [-0.1, -0.05) is 0 Å². The summed E-state index contributed by atoms with van der Waals surface area (Å²) in [5, 5.41) is 0. The zero-order valence-corrected chi connectivity index (χ0v) is 9.65. The summed E-state index contributed by atoms with van der Waals surface area (Å²) in [6.45, 7) is 0. The third-order valence-electron chi connectivity index (χ3n) is 2.03. The smallest absolute Gasteiger partial charge is 0.264 e. The topological polar surface area (TPSA) is 63.2 Å². The second kappa shape index (κ2) is 3.28. The minimum Gasteiger partial charge on any atom is -0.274 e. The quantitative estimate of drug-likeness (QED) is 0.775. The Morgan fingerprint density at radius 3 is 2.73 bits per heavy atom. The van der Waals surface area contributed by atoms with Gasteiger partial charge in [-0.25, -0.2) is 17.5 Å². The number of benzene rings is 1. The lowest BCUT2D eigenvalue weighted by molar-refractivity contribution is -0.118. The molecule has 0 spiro atoms. The molecule has 2 rings (SSSR count). The fourth-order valence-corrected chi connectivity index (χ4v) is 3.24. The second-order valence-corrected chi connectivity index (χ2v) is 5.49. The van der Waals surface area contributed by atoms with Gasteiger partial charge >= 0.3 is 0 Å². The molecule has 1 aromatic rings. The molecule has 4 nitrogen and oxygen atoms in total. The number of carbonyl (C=O) groups is 1. The lowest BCUT2D eigenvalue weighted by atomic mass is 10.1. The molecule has 1 aliphatic heterocycles. The van der Waals surface area contributed by atoms with Crippen LogP contribution >= 0.6 is 15.9 Å². The van der Waals surface area contributed by atoms with Crippen molar-refractivity contribution in [2.45, 2.75) is 11.3 Å². The zero-order chi connectivity index (χ0) is 11.2. The molecule has 0 atom stereocenters. The van der Waals surface area contributed by atoms with Gasteiger partial charge in [0.2, 0.25) is 5.91 Å². The van der Waals surface area contributed by atoms with Crippen molar-refractivity contribution in [1.29, 1.82) is 0 Å². The molecule has 1 N–H and O–H groups in total. The Morgan fingerprint density at radius 2 is 2.07 bits per heavy atom. The maximum absolute atomic E-state index is 13.1. The third-order valence-corrected chi connectivity index (χ3v) is 4.34. The van der Waals surface area contributed by atoms with Crippen molar-refractivity contribution >= 4 is 31.9 Å². The van der Waals surface area contributed by atoms with Crippen LogP contribution in [0.3, 0.4) is 0 Å². The fraction of sp³-hybridized carbons (Fsp3) is 0.125. The average Bonchev–Trinajstić information content (AvgIpc) is 2.10. The third kappa shape index (κ3) is 1.65. The Hall–Kier alpha value is -0.950. The van der Waals surface area contributed by atoms with Crippen LogP contribution < -0.4 is 4.72 Å². The number of hydrogen-bond acceptors (Lipinski definition) is 3. The Morgan fingerprint density at radius 1 is 1.40 bits per heavy atom. The Bertz CT molecular complexity index is 555. The number of hydrogen-bond donors (Lipinski definition) is 1. The molecule has 7 heteroatoms. The van der Waals surface area contributed by atoms with Crippen LogP contribution in [0.1, 0.15) is 5.56 Å². The number of rotatable bonds is 0. The largest absolute Gasteiger partial charge is 0.274 e. The van der Waals surface area contributed by atoms with Gasteiger partial charge in [0.15, 0.2) is 0 Å². The average molecular weight is 294 g/mol. The molecule has 1 aromatic carbocycles. The highest BCUT2D eigenvalue weighted by Gasteiger charge is 2.30. The molecule has 0 saturated heterocycles. The molecule has 1 amide bonds. The first-order chi connectivity index (χ1) is 6.92. The van der Waals surface area contributed by atoms with Crippen molar-refractivity contribution in [3.63, 3.8) is 0 Å². The van der Waals surface area contributed by atoms with E-state index in [1.54, 1.807) is 0 Å². The Labute approximate surface area is 93.7 Å². The van der Waals surface area contributed by atoms with Gasteiger partial charge in [0, 0.05) is 0 Å². The summed E-state index contributed by atoms with van der Waals surface area (Å²) in [6.07, 6.45) is -0.146. The van der Waals surface area contributed by atoms with Gasteiger partial charge in [0.1, 0.15) is 5.82 Å². The summed E-state index contributed by atoms with van der Waals surface area (Å²) in [7, 11) is -3.83. The standard InChI is InChI=1S/C8H5BrFNO3S/c9-8-4-3-7(12)11-15(13,14)6(4)2-1-5(8)10/h1-2H,3H2,(H,11,12). The summed E-state index contributed by atoms with van der Waals surface area (Å²) < 4.78 is 37.9. The molecule has 0 aliphatic carbocycles. The van der Waals surface area contributed by atoms with E-state index in [4.69, 9.17) is 0 Å². The van der Waals surface area contributed by atoms with Gasteiger partial charge in [-0.05, 0) is 33.6 Å². The highest BCUT2D eigenvalue weighted by atomic mass is 79.9. The monoisotopic (exact) mass is 293 g/mol. The maximum Gasteiger partial charge on any atom is 0.264 e. The fourth-order valence-electron chi connectivity index (χ4n) is 1.39. The molecule has 0 unspecified atom stereocenters. The van der Waals surface area contributed by atoms with Crippen molar-refractivity contribution in [3.05, 3.63) is 28.0 Å². The highest BCUT2D eigenvalue weighted by Crippen LogP contribution is 2.29. The van der Waals surface area contributed by atoms with Crippen molar-refractivity contribution in [1.82, 2.24) is 4.72 Å². The number of fused-ring (bicyclic) bond motifs is 1. The first kappa shape index (κ1) is 10.6. The summed E-state index contributed by atoms with van der Waals surface area (Å²) in [5.74, 6) is -1.24. The van der Waals surface area contributed by atoms with Crippen LogP contribution in [0.15, 0.2) is 21.5 Å². The summed E-state index contributed by atoms with van der Waals surface area (Å²) in [5.41, 5.74) is 0.166. The summed E-state index contributed by atoms with van der Waals surface area (Å²) >= 11 is 2.93. The van der Waals surface area contributed by atoms with Gasteiger partial charge in [0.05, 0.1) is 15.8 Å². The SMILES string of the molecule is O=C1Cc2c(ccc(F)c2Br)S(=O)(=O)N1. The molecule has 1 heterocycles. The first-order valence-corrected chi connectivity index (χ1v) is 6.22. The van der Waals surface area contributed by atoms with Crippen LogP contribution in [0, 0.1) is 5.82 Å². The van der Waals surface area contributed by atoms with Crippen molar-refractivity contribution in [2.24, 2.45) is 0 Å². The van der Waals surface area contributed by atoms with Crippen molar-refractivity contribution < 1.29 is 17.6 Å². The summed E-state index contributed by atoms with van der Waals surface area (Å²) in [4.78, 5) is 11.0. The van der Waals surface area contributed by atoms with Gasteiger partial charge in [-0.3, -0.25) is 4.79 Å². The van der Waals surface area contributed by atoms with E-state index in [1.165, 1.54) is 0 Å². The zero-order valence-electron chi connectivity index (χ0n) is 7.25. The van der Waals surface area contributed by atoms with E-state index in [-0.39, 0.29) is 21.4 Å². The predicted molar refractivity (Wildman–Crippen MR) is 53.1 cm³/mol. The molecular formula is C8H5BrFNO3S. The van der Waals surface area contributed by atoms with Gasteiger partial charge in [-0.2, -0.15) is 0 Å². The lowest BCUT2D eigenvalue weighted by Crippen LogP contribution is -2.37. The van der Waals surface area contributed by atoms with Crippen molar-refractivity contribution in [3.8, 4) is 0 Å². The molecule has 0 fully saturated rings. The van der Waals surface area contributed by atoms with Crippen LogP contribution in [-0.4, -0.2) is 14.3 Å². The van der Waals surface area contributed by atoms with Crippen LogP contribution in [-0.2, 0) is 21.2 Å². The minimum atomic E-state index is -3.83. The molecule has 0 aromatic heterocycles. The van der Waals surface area contributed by atoms with Crippen molar-refractivity contribution in [2.75, 3.05) is 0 Å². The molecule has 0 saturated carbocycles. The number of carbonyl (C=O) groups excluding carboxylic acids is 1. The summed E-state index contributed by atoms with van der Waals surface area (Å²) in [6, 6.07) is 2.18. The maximum atomic E-state index is 13.1. The number of nitrogens with one attached hydrogen (secondary N) is 1. The normalized spacial score (nSPS) is 18.1. The van der Waals surface area contributed by atoms with E-state index in [0.29, 0.717) is 0 Å². The minimum absolute atomic E-state index is 0.0263. The first-order valence-electron chi connectivity index (χ1n) is 3.94. The van der Waals surface area contributed by atoms with Crippen LogP contribution in [0.5, 0.6) is 0 Å². The Balaban J connectivity index is 2.78. The molecule has 80 valence electrons. The molecular weight excluding hydrogens is 289 g/mol. The van der Waals surface area contributed by atoms with Crippen LogP contribution in [0.2, 0.25) is 0 Å². The van der Waals surface area contributed by atoms with E-state index in [1.807, 2.05) is 4.72 Å². The highest BCUT2D eigenvalue weighted by molar-refractivity contribution is 9.10. The van der Waals surface area contributed by atoms with Gasteiger partial charge in [-0.15, -0.1) is 0 Å². The predicted octanol–water partition coefficient (Wildman–Crippen LogP) is 0.949. The van der Waals surface area contributed by atoms with E-state index in [0.717, 1.165) is 12.1 Å². The second-order valence-electron chi connectivity index (χ2n) is 3.04. The number of halogens is 2. The van der Waals surface area contributed by atoms with E-state index in [2.05, 4.69) is 15.9 Å². The number of sulfonamides is 1. The molecule has 1 aliphatic rings. The molecule has 0 radical (unpaired) electrons. The van der Waals surface area contributed by atoms with Crippen LogP contribution in [0.4, 0.5) is 4.39 Å². The van der Waals surface area contributed by atoms with Gasteiger partial charge in [0.25, 0.3) is 10.0 Å².